The number of nitro groups is 1. The molecule has 2 aromatic rings. The predicted octanol–water partition coefficient (Wildman–Crippen LogP) is 1.91. The topological polar surface area (TPSA) is 104 Å². The Morgan fingerprint density at radius 2 is 2.05 bits per heavy atom. The summed E-state index contributed by atoms with van der Waals surface area (Å²) in [6, 6.07) is 6.25. The van der Waals surface area contributed by atoms with E-state index >= 15 is 0 Å². The fourth-order valence-electron chi connectivity index (χ4n) is 1.59. The van der Waals surface area contributed by atoms with E-state index in [1.165, 1.54) is 6.33 Å². The van der Waals surface area contributed by atoms with Crippen molar-refractivity contribution in [3.8, 4) is 0 Å². The van der Waals surface area contributed by atoms with E-state index < -0.39 is 4.92 Å². The Kier molecular flexibility index (Phi) is 3.48. The fraction of sp³-hybridized carbons (Fsp3) is 0.0909. The molecular weight excluding hydrogens is 272 g/mol. The average Bonchev–Trinajstić information content (AvgIpc) is 2.71. The molecule has 0 aliphatic rings. The minimum absolute atomic E-state index is 0.206. The van der Waals surface area contributed by atoms with Gasteiger partial charge in [-0.25, -0.2) is 4.57 Å². The third-order valence-corrected chi connectivity index (χ3v) is 2.74. The molecule has 0 aliphatic carbocycles. The number of aromatic nitrogens is 2. The lowest BCUT2D eigenvalue weighted by molar-refractivity contribution is -0.391. The van der Waals surface area contributed by atoms with Gasteiger partial charge < -0.3 is 15.8 Å². The summed E-state index contributed by atoms with van der Waals surface area (Å²) in [5, 5.41) is 11.3. The second-order valence-corrected chi connectivity index (χ2v) is 4.20. The van der Waals surface area contributed by atoms with Crippen LogP contribution in [0.25, 0.3) is 0 Å². The first-order valence-electron chi connectivity index (χ1n) is 5.23. The Labute approximate surface area is 112 Å². The molecule has 1 heterocycles. The molecule has 0 saturated carbocycles. The molecule has 2 N–H and O–H groups in total. The van der Waals surface area contributed by atoms with E-state index in [9.17, 15) is 14.9 Å². The van der Waals surface area contributed by atoms with Crippen molar-refractivity contribution in [2.24, 2.45) is 0 Å². The van der Waals surface area contributed by atoms with Crippen LogP contribution in [0.15, 0.2) is 30.6 Å². The van der Waals surface area contributed by atoms with Gasteiger partial charge in [-0.2, -0.15) is 4.98 Å². The summed E-state index contributed by atoms with van der Waals surface area (Å²) in [6.07, 6.45) is 1.17. The molecule has 0 aliphatic heterocycles. The molecule has 1 aromatic carbocycles. The summed E-state index contributed by atoms with van der Waals surface area (Å²) in [4.78, 5) is 25.7. The second-order valence-electron chi connectivity index (χ2n) is 3.77. The first-order chi connectivity index (χ1) is 8.99. The van der Waals surface area contributed by atoms with Gasteiger partial charge in [0, 0.05) is 10.6 Å². The number of nitrogens with zero attached hydrogens (tertiary/aromatic N) is 3. The van der Waals surface area contributed by atoms with Crippen molar-refractivity contribution in [1.82, 2.24) is 9.55 Å². The van der Waals surface area contributed by atoms with Crippen molar-refractivity contribution < 1.29 is 9.72 Å². The van der Waals surface area contributed by atoms with Crippen LogP contribution in [0.5, 0.6) is 0 Å². The molecule has 1 aromatic heterocycles. The maximum atomic E-state index is 12.0. The molecule has 0 atom stereocenters. The Balaban J connectivity index is 2.24. The predicted molar refractivity (Wildman–Crippen MR) is 69.1 cm³/mol. The van der Waals surface area contributed by atoms with E-state index in [0.717, 1.165) is 4.57 Å². The van der Waals surface area contributed by atoms with Gasteiger partial charge in [0.2, 0.25) is 11.6 Å². The quantitative estimate of drug-likeness (QED) is 0.523. The van der Waals surface area contributed by atoms with E-state index in [1.54, 1.807) is 24.3 Å². The minimum Gasteiger partial charge on any atom is -0.377 e. The van der Waals surface area contributed by atoms with Crippen LogP contribution in [0, 0.1) is 10.1 Å². The van der Waals surface area contributed by atoms with Crippen LogP contribution >= 0.6 is 11.6 Å². The number of nitrogen functional groups attached to an aromatic ring is 1. The highest BCUT2D eigenvalue weighted by Gasteiger charge is 2.22. The molecule has 8 heteroatoms. The highest BCUT2D eigenvalue weighted by atomic mass is 35.5. The Morgan fingerprint density at radius 3 is 2.63 bits per heavy atom. The molecule has 0 radical (unpaired) electrons. The molecule has 0 spiro atoms. The van der Waals surface area contributed by atoms with Crippen molar-refractivity contribution in [2.45, 2.75) is 6.54 Å². The molecule has 0 fully saturated rings. The number of anilines is 1. The number of carbonyl (C=O) groups is 1. The number of rotatable bonds is 4. The summed E-state index contributed by atoms with van der Waals surface area (Å²) < 4.78 is 1.10. The van der Waals surface area contributed by atoms with Crippen LogP contribution in [0.2, 0.25) is 5.02 Å². The fourth-order valence-corrected chi connectivity index (χ4v) is 1.71. The summed E-state index contributed by atoms with van der Waals surface area (Å²) in [6.45, 7) is -0.206. The van der Waals surface area contributed by atoms with Gasteiger partial charge in [0.15, 0.2) is 12.9 Å². The third kappa shape index (κ3) is 2.71. The van der Waals surface area contributed by atoms with Gasteiger partial charge in [-0.3, -0.25) is 4.79 Å². The number of carbonyl (C=O) groups excluding carboxylic acids is 1. The first-order valence-corrected chi connectivity index (χ1v) is 5.60. The largest absolute Gasteiger partial charge is 0.377 e. The number of halogens is 1. The van der Waals surface area contributed by atoms with E-state index in [2.05, 4.69) is 4.98 Å². The first kappa shape index (κ1) is 13.0. The number of nitrogens with two attached hydrogens (primary N) is 1. The lowest BCUT2D eigenvalue weighted by Crippen LogP contribution is -2.12. The maximum absolute atomic E-state index is 12.0. The molecule has 0 unspecified atom stereocenters. The van der Waals surface area contributed by atoms with Gasteiger partial charge >= 0.3 is 5.82 Å². The number of hydrogen-bond acceptors (Lipinski definition) is 5. The van der Waals surface area contributed by atoms with Gasteiger partial charge in [-0.05, 0) is 29.2 Å². The average molecular weight is 281 g/mol. The molecule has 0 bridgehead atoms. The zero-order valence-electron chi connectivity index (χ0n) is 9.62. The summed E-state index contributed by atoms with van der Waals surface area (Å²) in [5.74, 6) is -0.895. The Hall–Kier alpha value is -2.41. The highest BCUT2D eigenvalue weighted by Crippen LogP contribution is 2.20. The van der Waals surface area contributed by atoms with Crippen LogP contribution in [0.1, 0.15) is 10.4 Å². The molecule has 2 rings (SSSR count). The van der Waals surface area contributed by atoms with Crippen LogP contribution < -0.4 is 5.73 Å². The summed E-state index contributed by atoms with van der Waals surface area (Å²) in [5.41, 5.74) is 5.78. The third-order valence-electron chi connectivity index (χ3n) is 2.49. The van der Waals surface area contributed by atoms with E-state index in [0.29, 0.717) is 10.6 Å². The highest BCUT2D eigenvalue weighted by molar-refractivity contribution is 6.30. The molecule has 0 amide bonds. The van der Waals surface area contributed by atoms with Gasteiger partial charge in [0.05, 0.1) is 0 Å². The smallest absolute Gasteiger partial charge is 0.367 e. The monoisotopic (exact) mass is 280 g/mol. The van der Waals surface area contributed by atoms with Gasteiger partial charge in [-0.1, -0.05) is 11.6 Å². The number of imidazole rings is 1. The molecule has 0 saturated heterocycles. The van der Waals surface area contributed by atoms with Crippen molar-refractivity contribution in [3.05, 3.63) is 51.3 Å². The maximum Gasteiger partial charge on any atom is 0.367 e. The molecule has 7 nitrogen and oxygen atoms in total. The van der Waals surface area contributed by atoms with Crippen molar-refractivity contribution in [1.29, 1.82) is 0 Å². The van der Waals surface area contributed by atoms with Crippen molar-refractivity contribution >= 4 is 29.0 Å². The molecule has 98 valence electrons. The standard InChI is InChI=1S/C11H9ClN4O3/c12-8-3-1-7(2-4-8)9(17)5-15-6-14-10(13)11(15)16(18)19/h1-4,6H,5,13H2. The second kappa shape index (κ2) is 5.07. The SMILES string of the molecule is Nc1ncn(CC(=O)c2ccc(Cl)cc2)c1[N+](=O)[O-]. The van der Waals surface area contributed by atoms with Crippen molar-refractivity contribution in [3.63, 3.8) is 0 Å². The Morgan fingerprint density at radius 1 is 1.42 bits per heavy atom. The lowest BCUT2D eigenvalue weighted by Gasteiger charge is -2.01. The van der Waals surface area contributed by atoms with Gasteiger partial charge in [-0.15, -0.1) is 0 Å². The van der Waals surface area contributed by atoms with E-state index in [-0.39, 0.29) is 24.0 Å². The normalized spacial score (nSPS) is 10.4. The van der Waals surface area contributed by atoms with Crippen LogP contribution in [-0.4, -0.2) is 20.3 Å². The lowest BCUT2D eigenvalue weighted by atomic mass is 10.1. The van der Waals surface area contributed by atoms with Gasteiger partial charge in [0.1, 0.15) is 0 Å². The van der Waals surface area contributed by atoms with Crippen LogP contribution in [-0.2, 0) is 6.54 Å². The van der Waals surface area contributed by atoms with E-state index in [4.69, 9.17) is 17.3 Å². The zero-order chi connectivity index (χ0) is 14.0. The number of ketones is 1. The van der Waals surface area contributed by atoms with Gasteiger partial charge in [0.25, 0.3) is 0 Å². The molecule has 19 heavy (non-hydrogen) atoms. The minimum atomic E-state index is -0.669. The zero-order valence-corrected chi connectivity index (χ0v) is 10.4. The van der Waals surface area contributed by atoms with Crippen molar-refractivity contribution in [2.75, 3.05) is 5.73 Å². The number of Topliss-reactive ketones (excluding diaryl/α,β-unsaturated/α-hetero) is 1. The summed E-state index contributed by atoms with van der Waals surface area (Å²) in [7, 11) is 0. The number of benzene rings is 1. The Bertz CT molecular complexity index is 636. The molecular formula is C11H9ClN4O3. The number of hydrogen-bond donors (Lipinski definition) is 1. The van der Waals surface area contributed by atoms with Crippen LogP contribution in [0.3, 0.4) is 0 Å². The summed E-state index contributed by atoms with van der Waals surface area (Å²) >= 11 is 5.71. The van der Waals surface area contributed by atoms with Crippen LogP contribution in [0.4, 0.5) is 11.6 Å². The van der Waals surface area contributed by atoms with E-state index in [1.807, 2.05) is 0 Å².